The van der Waals surface area contributed by atoms with Gasteiger partial charge in [-0.2, -0.15) is 0 Å². The van der Waals surface area contributed by atoms with E-state index in [9.17, 15) is 9.59 Å². The van der Waals surface area contributed by atoms with Crippen molar-refractivity contribution >= 4 is 46.4 Å². The highest BCUT2D eigenvalue weighted by molar-refractivity contribution is 7.16. The van der Waals surface area contributed by atoms with Crippen molar-refractivity contribution in [2.24, 2.45) is 0 Å². The molecule has 2 N–H and O–H groups in total. The van der Waals surface area contributed by atoms with Gasteiger partial charge in [-0.25, -0.2) is 0 Å². The molecule has 0 unspecified atom stereocenters. The second-order valence-electron chi connectivity index (χ2n) is 7.47. The zero-order valence-corrected chi connectivity index (χ0v) is 17.4. The molecule has 0 radical (unpaired) electrons. The minimum atomic E-state index is -0.0854. The molecule has 0 aromatic carbocycles. The van der Waals surface area contributed by atoms with Gasteiger partial charge in [0.1, 0.15) is 0 Å². The van der Waals surface area contributed by atoms with Crippen molar-refractivity contribution < 1.29 is 9.59 Å². The van der Waals surface area contributed by atoms with Gasteiger partial charge in [0.15, 0.2) is 0 Å². The van der Waals surface area contributed by atoms with Crippen molar-refractivity contribution in [3.8, 4) is 0 Å². The number of nitrogens with one attached hydrogen (secondary N) is 2. The highest BCUT2D eigenvalue weighted by Crippen LogP contribution is 2.27. The molecule has 4 nitrogen and oxygen atoms in total. The van der Waals surface area contributed by atoms with Gasteiger partial charge in [0, 0.05) is 22.8 Å². The number of alkyl halides is 2. The SMILES string of the molecule is Cc1cc(C(=O)NC2CCC(Cl)CC2)sc1C(=O)NC1CCC(Cl)CC1. The Bertz CT molecular complexity index is 648. The Hall–Kier alpha value is -0.780. The maximum atomic E-state index is 12.6. The van der Waals surface area contributed by atoms with Gasteiger partial charge in [-0.3, -0.25) is 9.59 Å². The summed E-state index contributed by atoms with van der Waals surface area (Å²) in [6, 6.07) is 2.18. The Balaban J connectivity index is 1.57. The minimum Gasteiger partial charge on any atom is -0.349 e. The van der Waals surface area contributed by atoms with Crippen LogP contribution in [0.25, 0.3) is 0 Å². The maximum Gasteiger partial charge on any atom is 0.261 e. The summed E-state index contributed by atoms with van der Waals surface area (Å²) in [7, 11) is 0. The highest BCUT2D eigenvalue weighted by Gasteiger charge is 2.25. The van der Waals surface area contributed by atoms with Crippen LogP contribution in [-0.2, 0) is 0 Å². The minimum absolute atomic E-state index is 0.0766. The Morgan fingerprint density at radius 1 is 0.885 bits per heavy atom. The van der Waals surface area contributed by atoms with Crippen molar-refractivity contribution in [3.63, 3.8) is 0 Å². The van der Waals surface area contributed by atoms with Crippen LogP contribution in [0.5, 0.6) is 0 Å². The van der Waals surface area contributed by atoms with Crippen LogP contribution in [0.1, 0.15) is 76.3 Å². The molecule has 7 heteroatoms. The fourth-order valence-corrected chi connectivity index (χ4v) is 5.20. The third-order valence-electron chi connectivity index (χ3n) is 5.33. The lowest BCUT2D eigenvalue weighted by Gasteiger charge is -2.25. The van der Waals surface area contributed by atoms with Crippen molar-refractivity contribution in [2.45, 2.75) is 81.1 Å². The summed E-state index contributed by atoms with van der Waals surface area (Å²) >= 11 is 13.5. The van der Waals surface area contributed by atoms with Crippen molar-refractivity contribution in [3.05, 3.63) is 21.4 Å². The number of carbonyl (C=O) groups excluding carboxylic acids is 2. The molecule has 2 fully saturated rings. The molecule has 0 spiro atoms. The van der Waals surface area contributed by atoms with Crippen LogP contribution in [0, 0.1) is 6.92 Å². The number of amides is 2. The van der Waals surface area contributed by atoms with Crippen LogP contribution in [-0.4, -0.2) is 34.7 Å². The quantitative estimate of drug-likeness (QED) is 0.703. The van der Waals surface area contributed by atoms with Crippen LogP contribution in [0.2, 0.25) is 0 Å². The second-order valence-corrected chi connectivity index (χ2v) is 9.75. The Morgan fingerprint density at radius 2 is 1.35 bits per heavy atom. The largest absolute Gasteiger partial charge is 0.349 e. The van der Waals surface area contributed by atoms with Gasteiger partial charge in [0.05, 0.1) is 9.75 Å². The monoisotopic (exact) mass is 416 g/mol. The molecule has 144 valence electrons. The predicted octanol–water partition coefficient (Wildman–Crippen LogP) is 4.62. The molecule has 26 heavy (non-hydrogen) atoms. The van der Waals surface area contributed by atoms with Crippen LogP contribution in [0.15, 0.2) is 6.07 Å². The topological polar surface area (TPSA) is 58.2 Å². The third kappa shape index (κ3) is 5.14. The Labute approximate surface area is 169 Å². The molecule has 1 aromatic heterocycles. The van der Waals surface area contributed by atoms with E-state index < -0.39 is 0 Å². The fourth-order valence-electron chi connectivity index (χ4n) is 3.72. The van der Waals surface area contributed by atoms with E-state index in [4.69, 9.17) is 23.2 Å². The number of hydrogen-bond donors (Lipinski definition) is 2. The summed E-state index contributed by atoms with van der Waals surface area (Å²) < 4.78 is 0. The molecular formula is C19H26Cl2N2O2S. The molecule has 0 atom stereocenters. The van der Waals surface area contributed by atoms with Crippen molar-refractivity contribution in [1.82, 2.24) is 10.6 Å². The smallest absolute Gasteiger partial charge is 0.261 e. The first-order valence-electron chi connectivity index (χ1n) is 9.42. The number of hydrogen-bond acceptors (Lipinski definition) is 3. The molecule has 2 aliphatic carbocycles. The van der Waals surface area contributed by atoms with Gasteiger partial charge in [-0.15, -0.1) is 34.5 Å². The summed E-state index contributed by atoms with van der Waals surface area (Å²) in [6.45, 7) is 1.89. The molecule has 0 aliphatic heterocycles. The molecule has 1 heterocycles. The molecule has 0 saturated heterocycles. The highest BCUT2D eigenvalue weighted by atomic mass is 35.5. The van der Waals surface area contributed by atoms with Gasteiger partial charge in [0.25, 0.3) is 11.8 Å². The first-order valence-corrected chi connectivity index (χ1v) is 11.1. The van der Waals surface area contributed by atoms with Gasteiger partial charge >= 0.3 is 0 Å². The van der Waals surface area contributed by atoms with E-state index in [-0.39, 0.29) is 34.7 Å². The van der Waals surface area contributed by atoms with Crippen molar-refractivity contribution in [2.75, 3.05) is 0 Å². The molecule has 3 rings (SSSR count). The van der Waals surface area contributed by atoms with Crippen LogP contribution < -0.4 is 10.6 Å². The average Bonchev–Trinajstić information content (AvgIpc) is 3.01. The standard InChI is InChI=1S/C19H26Cl2N2O2S/c1-11-10-16(18(24)22-14-6-2-12(20)3-7-14)26-17(11)19(25)23-15-8-4-13(21)5-9-15/h10,12-15H,2-9H2,1H3,(H,22,24)(H,23,25). The molecule has 0 bridgehead atoms. The van der Waals surface area contributed by atoms with Gasteiger partial charge in [-0.1, -0.05) is 0 Å². The number of aryl methyl sites for hydroxylation is 1. The number of rotatable bonds is 4. The first-order chi connectivity index (χ1) is 12.4. The van der Waals surface area contributed by atoms with Crippen LogP contribution in [0.3, 0.4) is 0 Å². The molecule has 2 saturated carbocycles. The molecular weight excluding hydrogens is 391 g/mol. The summed E-state index contributed by atoms with van der Waals surface area (Å²) in [5.41, 5.74) is 0.855. The van der Waals surface area contributed by atoms with E-state index in [1.54, 1.807) is 0 Å². The van der Waals surface area contributed by atoms with E-state index in [0.29, 0.717) is 9.75 Å². The van der Waals surface area contributed by atoms with Gasteiger partial charge < -0.3 is 10.6 Å². The van der Waals surface area contributed by atoms with Crippen LogP contribution >= 0.6 is 34.5 Å². The van der Waals surface area contributed by atoms with E-state index in [1.165, 1.54) is 11.3 Å². The van der Waals surface area contributed by atoms with Gasteiger partial charge in [-0.05, 0) is 69.9 Å². The van der Waals surface area contributed by atoms with E-state index in [2.05, 4.69) is 10.6 Å². The lowest BCUT2D eigenvalue weighted by molar-refractivity contribution is 0.0924. The van der Waals surface area contributed by atoms with Crippen LogP contribution in [0.4, 0.5) is 0 Å². The Kier molecular flexibility index (Phi) is 6.87. The fraction of sp³-hybridized carbons (Fsp3) is 0.684. The average molecular weight is 417 g/mol. The van der Waals surface area contributed by atoms with Crippen molar-refractivity contribution in [1.29, 1.82) is 0 Å². The molecule has 2 amide bonds. The Morgan fingerprint density at radius 3 is 1.85 bits per heavy atom. The normalized spacial score (nSPS) is 29.2. The summed E-state index contributed by atoms with van der Waals surface area (Å²) in [5.74, 6) is -0.162. The summed E-state index contributed by atoms with van der Waals surface area (Å²) in [4.78, 5) is 26.4. The molecule has 1 aromatic rings. The number of carbonyl (C=O) groups is 2. The van der Waals surface area contributed by atoms with Gasteiger partial charge in [0.2, 0.25) is 0 Å². The second kappa shape index (κ2) is 8.94. The molecule has 2 aliphatic rings. The first kappa shape index (κ1) is 20.0. The maximum absolute atomic E-state index is 12.6. The zero-order valence-electron chi connectivity index (χ0n) is 15.0. The number of halogens is 2. The lowest BCUT2D eigenvalue weighted by Crippen LogP contribution is -2.38. The lowest BCUT2D eigenvalue weighted by atomic mass is 9.95. The number of thiophene rings is 1. The van der Waals surface area contributed by atoms with E-state index in [0.717, 1.165) is 56.9 Å². The summed E-state index contributed by atoms with van der Waals surface area (Å²) in [6.07, 6.45) is 7.42. The zero-order chi connectivity index (χ0) is 18.7. The third-order valence-corrected chi connectivity index (χ3v) is 7.44. The van der Waals surface area contributed by atoms with E-state index >= 15 is 0 Å². The summed E-state index contributed by atoms with van der Waals surface area (Å²) in [5, 5.41) is 6.65. The predicted molar refractivity (Wildman–Crippen MR) is 108 cm³/mol. The van der Waals surface area contributed by atoms with E-state index in [1.807, 2.05) is 13.0 Å².